The van der Waals surface area contributed by atoms with E-state index in [1.54, 1.807) is 13.0 Å². The lowest BCUT2D eigenvalue weighted by atomic mass is 10.0. The van der Waals surface area contributed by atoms with Crippen molar-refractivity contribution in [2.45, 2.75) is 13.0 Å². The average molecular weight is 348 g/mol. The van der Waals surface area contributed by atoms with E-state index in [0.717, 1.165) is 29.1 Å². The van der Waals surface area contributed by atoms with Crippen LogP contribution in [-0.2, 0) is 0 Å². The van der Waals surface area contributed by atoms with E-state index >= 15 is 0 Å². The van der Waals surface area contributed by atoms with Gasteiger partial charge in [0.2, 0.25) is 0 Å². The van der Waals surface area contributed by atoms with Gasteiger partial charge in [-0.05, 0) is 41.6 Å². The first kappa shape index (κ1) is 17.1. The van der Waals surface area contributed by atoms with E-state index in [1.807, 2.05) is 22.4 Å². The number of aliphatic hydroxyl groups is 1. The molecule has 128 valence electrons. The molecular formula is C18H21FN2O2S. The van der Waals surface area contributed by atoms with Crippen molar-refractivity contribution in [1.82, 2.24) is 9.80 Å². The molecule has 2 aromatic rings. The maximum absolute atomic E-state index is 13.2. The third kappa shape index (κ3) is 3.83. The van der Waals surface area contributed by atoms with Gasteiger partial charge in [0.25, 0.3) is 5.91 Å². The van der Waals surface area contributed by atoms with Gasteiger partial charge >= 0.3 is 0 Å². The summed E-state index contributed by atoms with van der Waals surface area (Å²) in [5, 5.41) is 12.3. The van der Waals surface area contributed by atoms with Gasteiger partial charge in [-0.15, -0.1) is 11.3 Å². The third-order valence-corrected chi connectivity index (χ3v) is 5.27. The fraction of sp³-hybridized carbons (Fsp3) is 0.389. The minimum atomic E-state index is -0.648. The van der Waals surface area contributed by atoms with Gasteiger partial charge in [0, 0.05) is 32.7 Å². The molecule has 1 N–H and O–H groups in total. The van der Waals surface area contributed by atoms with Gasteiger partial charge in [-0.1, -0.05) is 12.1 Å². The van der Waals surface area contributed by atoms with E-state index in [2.05, 4.69) is 4.90 Å². The number of hydrogen-bond acceptors (Lipinski definition) is 4. The van der Waals surface area contributed by atoms with Crippen LogP contribution in [0.5, 0.6) is 0 Å². The Morgan fingerprint density at radius 3 is 2.67 bits per heavy atom. The number of rotatable bonds is 4. The van der Waals surface area contributed by atoms with Crippen LogP contribution in [0.2, 0.25) is 0 Å². The molecule has 1 aromatic carbocycles. The monoisotopic (exact) mass is 348 g/mol. The maximum atomic E-state index is 13.2. The number of thiophene rings is 1. The number of halogens is 1. The molecule has 6 heteroatoms. The van der Waals surface area contributed by atoms with Crippen molar-refractivity contribution < 1.29 is 14.3 Å². The molecule has 1 amide bonds. The molecule has 1 unspecified atom stereocenters. The Balaban J connectivity index is 1.54. The highest BCUT2D eigenvalue weighted by molar-refractivity contribution is 7.12. The minimum absolute atomic E-state index is 0.0829. The lowest BCUT2D eigenvalue weighted by Gasteiger charge is -2.35. The quantitative estimate of drug-likeness (QED) is 0.924. The molecule has 0 bridgehead atoms. The van der Waals surface area contributed by atoms with Crippen molar-refractivity contribution in [3.8, 4) is 0 Å². The molecular weight excluding hydrogens is 327 g/mol. The number of hydrogen-bond donors (Lipinski definition) is 1. The zero-order valence-corrected chi connectivity index (χ0v) is 14.4. The zero-order valence-electron chi connectivity index (χ0n) is 13.6. The molecule has 3 rings (SSSR count). The molecule has 1 fully saturated rings. The smallest absolute Gasteiger partial charge is 0.264 e. The number of amides is 1. The summed E-state index contributed by atoms with van der Waals surface area (Å²) in [6, 6.07) is 8.20. The average Bonchev–Trinajstić information content (AvgIpc) is 3.09. The second-order valence-corrected chi connectivity index (χ2v) is 7.03. The molecule has 1 aliphatic rings. The van der Waals surface area contributed by atoms with E-state index in [-0.39, 0.29) is 11.7 Å². The van der Waals surface area contributed by atoms with Crippen LogP contribution in [0.3, 0.4) is 0 Å². The Bertz CT molecular complexity index is 697. The van der Waals surface area contributed by atoms with Crippen LogP contribution in [0, 0.1) is 12.7 Å². The van der Waals surface area contributed by atoms with Crippen LogP contribution in [0.1, 0.15) is 26.9 Å². The molecule has 0 spiro atoms. The summed E-state index contributed by atoms with van der Waals surface area (Å²) in [4.78, 5) is 17.1. The second kappa shape index (κ2) is 7.42. The lowest BCUT2D eigenvalue weighted by Crippen LogP contribution is -2.49. The SMILES string of the molecule is Cc1cc(F)ccc1C(O)CN1CCN(C(=O)c2cccs2)CC1. The summed E-state index contributed by atoms with van der Waals surface area (Å²) in [7, 11) is 0. The highest BCUT2D eigenvalue weighted by atomic mass is 32.1. The molecule has 1 aliphatic heterocycles. The van der Waals surface area contributed by atoms with Crippen molar-refractivity contribution in [3.63, 3.8) is 0 Å². The summed E-state index contributed by atoms with van der Waals surface area (Å²) in [6.07, 6.45) is -0.648. The van der Waals surface area contributed by atoms with Crippen LogP contribution in [0.25, 0.3) is 0 Å². The number of aliphatic hydroxyl groups excluding tert-OH is 1. The first-order valence-corrected chi connectivity index (χ1v) is 8.92. The van der Waals surface area contributed by atoms with Crippen LogP contribution in [0.4, 0.5) is 4.39 Å². The Labute approximate surface area is 145 Å². The zero-order chi connectivity index (χ0) is 17.1. The van der Waals surface area contributed by atoms with Crippen molar-refractivity contribution in [2.24, 2.45) is 0 Å². The van der Waals surface area contributed by atoms with Crippen molar-refractivity contribution in [1.29, 1.82) is 0 Å². The summed E-state index contributed by atoms with van der Waals surface area (Å²) in [5.41, 5.74) is 1.52. The maximum Gasteiger partial charge on any atom is 0.264 e. The van der Waals surface area contributed by atoms with Crippen LogP contribution in [-0.4, -0.2) is 53.5 Å². The summed E-state index contributed by atoms with van der Waals surface area (Å²) in [6.45, 7) is 5.08. The van der Waals surface area contributed by atoms with E-state index in [4.69, 9.17) is 0 Å². The minimum Gasteiger partial charge on any atom is -0.387 e. The molecule has 0 saturated carbocycles. The van der Waals surface area contributed by atoms with Gasteiger partial charge in [0.15, 0.2) is 0 Å². The van der Waals surface area contributed by atoms with Crippen molar-refractivity contribution in [2.75, 3.05) is 32.7 Å². The number of carbonyl (C=O) groups is 1. The predicted octanol–water partition coefficient (Wildman–Crippen LogP) is 2.69. The third-order valence-electron chi connectivity index (χ3n) is 4.41. The van der Waals surface area contributed by atoms with Gasteiger partial charge in [-0.3, -0.25) is 9.69 Å². The Morgan fingerprint density at radius 1 is 1.29 bits per heavy atom. The number of piperazine rings is 1. The summed E-state index contributed by atoms with van der Waals surface area (Å²) >= 11 is 1.46. The number of carbonyl (C=O) groups excluding carboxylic acids is 1. The van der Waals surface area contributed by atoms with Gasteiger partial charge in [-0.2, -0.15) is 0 Å². The van der Waals surface area contributed by atoms with Crippen molar-refractivity contribution >= 4 is 17.2 Å². The number of β-amino-alcohol motifs (C(OH)–C–C–N with tert-alkyl or cyclic N) is 1. The Kier molecular flexibility index (Phi) is 5.28. The first-order valence-electron chi connectivity index (χ1n) is 8.04. The molecule has 1 saturated heterocycles. The largest absolute Gasteiger partial charge is 0.387 e. The Morgan fingerprint density at radius 2 is 2.04 bits per heavy atom. The number of nitrogens with zero attached hydrogens (tertiary/aromatic N) is 2. The topological polar surface area (TPSA) is 43.8 Å². The molecule has 1 aromatic heterocycles. The van der Waals surface area contributed by atoms with E-state index < -0.39 is 6.10 Å². The van der Waals surface area contributed by atoms with Crippen LogP contribution < -0.4 is 0 Å². The fourth-order valence-electron chi connectivity index (χ4n) is 3.05. The molecule has 4 nitrogen and oxygen atoms in total. The highest BCUT2D eigenvalue weighted by Crippen LogP contribution is 2.21. The summed E-state index contributed by atoms with van der Waals surface area (Å²) < 4.78 is 13.2. The molecule has 0 aliphatic carbocycles. The predicted molar refractivity (Wildman–Crippen MR) is 92.8 cm³/mol. The van der Waals surface area contributed by atoms with Crippen molar-refractivity contribution in [3.05, 3.63) is 57.5 Å². The Hall–Kier alpha value is -1.76. The first-order chi connectivity index (χ1) is 11.5. The second-order valence-electron chi connectivity index (χ2n) is 6.09. The van der Waals surface area contributed by atoms with Crippen LogP contribution in [0.15, 0.2) is 35.7 Å². The van der Waals surface area contributed by atoms with Gasteiger partial charge in [0.05, 0.1) is 11.0 Å². The van der Waals surface area contributed by atoms with E-state index in [1.165, 1.54) is 23.5 Å². The molecule has 2 heterocycles. The van der Waals surface area contributed by atoms with Gasteiger partial charge in [-0.25, -0.2) is 4.39 Å². The number of aryl methyl sites for hydroxylation is 1. The lowest BCUT2D eigenvalue weighted by molar-refractivity contribution is 0.0530. The number of benzene rings is 1. The van der Waals surface area contributed by atoms with Gasteiger partial charge < -0.3 is 10.0 Å². The van der Waals surface area contributed by atoms with E-state index in [9.17, 15) is 14.3 Å². The fourth-order valence-corrected chi connectivity index (χ4v) is 3.74. The molecule has 24 heavy (non-hydrogen) atoms. The van der Waals surface area contributed by atoms with Crippen LogP contribution >= 0.6 is 11.3 Å². The standard InChI is InChI=1S/C18H21FN2O2S/c1-13-11-14(19)4-5-15(13)16(22)12-20-6-8-21(9-7-20)18(23)17-3-2-10-24-17/h2-5,10-11,16,22H,6-9,12H2,1H3. The highest BCUT2D eigenvalue weighted by Gasteiger charge is 2.24. The normalized spacial score (nSPS) is 17.0. The van der Waals surface area contributed by atoms with Gasteiger partial charge in [0.1, 0.15) is 5.82 Å². The molecule has 0 radical (unpaired) electrons. The molecule has 1 atom stereocenters. The van der Waals surface area contributed by atoms with E-state index in [0.29, 0.717) is 19.6 Å². The summed E-state index contributed by atoms with van der Waals surface area (Å²) in [5.74, 6) is -0.205.